The lowest BCUT2D eigenvalue weighted by Crippen LogP contribution is -2.23. The van der Waals surface area contributed by atoms with Crippen molar-refractivity contribution in [1.29, 1.82) is 0 Å². The highest BCUT2D eigenvalue weighted by atomic mass is 79.9. The topological polar surface area (TPSA) is 127 Å². The molecule has 0 saturated heterocycles. The molecule has 0 radical (unpaired) electrons. The first kappa shape index (κ1) is 34.0. The predicted molar refractivity (Wildman–Crippen MR) is 191 cm³/mol. The predicted octanol–water partition coefficient (Wildman–Crippen LogP) is 6.66. The van der Waals surface area contributed by atoms with Gasteiger partial charge in [-0.3, -0.25) is 9.69 Å². The first-order chi connectivity index (χ1) is 23.2. The van der Waals surface area contributed by atoms with Gasteiger partial charge in [0.05, 0.1) is 55.0 Å². The normalized spacial score (nSPS) is 11.8. The summed E-state index contributed by atoms with van der Waals surface area (Å²) < 4.78 is 19.2. The Labute approximate surface area is 287 Å². The number of carbonyl (C=O) groups excluding carboxylic acids is 2. The van der Waals surface area contributed by atoms with Gasteiger partial charge in [0, 0.05) is 37.4 Å². The molecule has 0 saturated carbocycles. The summed E-state index contributed by atoms with van der Waals surface area (Å²) in [5.41, 5.74) is 12.7. The maximum atomic E-state index is 12.6. The van der Waals surface area contributed by atoms with E-state index in [0.29, 0.717) is 52.7 Å². The van der Waals surface area contributed by atoms with E-state index in [-0.39, 0.29) is 11.9 Å². The average Bonchev–Trinajstić information content (AvgIpc) is 3.78. The third kappa shape index (κ3) is 7.28. The van der Waals surface area contributed by atoms with Crippen LogP contribution in [-0.4, -0.2) is 51.8 Å². The van der Waals surface area contributed by atoms with Crippen molar-refractivity contribution >= 4 is 61.5 Å². The smallest absolute Gasteiger partial charge is 0.338 e. The molecule has 48 heavy (non-hydrogen) atoms. The summed E-state index contributed by atoms with van der Waals surface area (Å²) in [6.07, 6.45) is 3.93. The fraction of sp³-hybridized carbons (Fsp3) is 0.222. The van der Waals surface area contributed by atoms with E-state index in [1.165, 1.54) is 0 Å². The summed E-state index contributed by atoms with van der Waals surface area (Å²) in [6, 6.07) is 22.5. The Kier molecular flexibility index (Phi) is 10.6. The number of alkyl halides is 1. The number of rotatable bonds is 6. The number of nitrogens with zero attached hydrogens (tertiary/aromatic N) is 5. The fourth-order valence-electron chi connectivity index (χ4n) is 5.25. The number of methoxy groups -OCH3 is 2. The third-order valence-electron chi connectivity index (χ3n) is 7.84. The van der Waals surface area contributed by atoms with Gasteiger partial charge < -0.3 is 29.1 Å². The van der Waals surface area contributed by atoms with Crippen LogP contribution in [0.3, 0.4) is 0 Å². The molecule has 0 fully saturated rings. The lowest BCUT2D eigenvalue weighted by molar-refractivity contribution is 0.0525. The number of aromatic nitrogens is 4. The summed E-state index contributed by atoms with van der Waals surface area (Å²) >= 11 is 3.33. The number of nitrogens with two attached hydrogens (primary N) is 1. The molecule has 248 valence electrons. The monoisotopic (exact) mass is 712 g/mol. The van der Waals surface area contributed by atoms with E-state index in [1.807, 2.05) is 96.3 Å². The number of benzene rings is 2. The highest BCUT2D eigenvalue weighted by Crippen LogP contribution is 2.31. The number of halogens is 1. The Hall–Kier alpha value is -5.36. The van der Waals surface area contributed by atoms with E-state index in [1.54, 1.807) is 38.2 Å². The van der Waals surface area contributed by atoms with Gasteiger partial charge in [-0.1, -0.05) is 28.1 Å². The number of fused-ring (bicyclic) bond motifs is 3. The van der Waals surface area contributed by atoms with Crippen molar-refractivity contribution in [2.75, 3.05) is 31.5 Å². The standard InChI is InChI=1S/C17H15N3O2.C11H13BrO3.C8H9N3/c1-19-8-7-14-15(19)5-6-16(18-14)20-10-11-3-4-12(22-2)9-13(11)17(20)21;1-3-15-11(13)10-6-9(14-2)5-4-8(10)7-12;1-11-5-4-6-7(11)2-3-8(9)10-6/h3-9H,10H2,1-2H3;4-6H,3,7H2,1-2H3;2-5H,1H3,(H2,9,10). The number of pyridine rings is 2. The molecule has 0 unspecified atom stereocenters. The lowest BCUT2D eigenvalue weighted by atomic mass is 10.1. The number of nitrogen functional groups attached to an aromatic ring is 1. The third-order valence-corrected chi connectivity index (χ3v) is 8.44. The molecular weight excluding hydrogens is 676 g/mol. The van der Waals surface area contributed by atoms with Crippen molar-refractivity contribution in [2.24, 2.45) is 14.1 Å². The molecule has 5 heterocycles. The Balaban J connectivity index is 0.000000151. The zero-order valence-corrected chi connectivity index (χ0v) is 29.0. The van der Waals surface area contributed by atoms with Crippen LogP contribution in [0.5, 0.6) is 11.5 Å². The van der Waals surface area contributed by atoms with Crippen molar-refractivity contribution in [3.05, 3.63) is 107 Å². The Morgan fingerprint density at radius 2 is 1.48 bits per heavy atom. The van der Waals surface area contributed by atoms with Gasteiger partial charge in [0.25, 0.3) is 5.91 Å². The second kappa shape index (κ2) is 15.0. The zero-order chi connectivity index (χ0) is 34.4. The molecule has 11 nitrogen and oxygen atoms in total. The molecule has 12 heteroatoms. The van der Waals surface area contributed by atoms with Crippen LogP contribution in [0.15, 0.2) is 85.2 Å². The van der Waals surface area contributed by atoms with Gasteiger partial charge >= 0.3 is 5.97 Å². The summed E-state index contributed by atoms with van der Waals surface area (Å²) in [5, 5.41) is 0.616. The van der Waals surface area contributed by atoms with Crippen molar-refractivity contribution < 1.29 is 23.8 Å². The van der Waals surface area contributed by atoms with Crippen molar-refractivity contribution in [1.82, 2.24) is 19.1 Å². The molecule has 0 atom stereocenters. The molecular formula is C36H37BrN6O5. The van der Waals surface area contributed by atoms with Crippen LogP contribution < -0.4 is 20.1 Å². The number of anilines is 2. The lowest BCUT2D eigenvalue weighted by Gasteiger charge is -2.14. The number of carbonyl (C=O) groups is 2. The molecule has 6 aromatic rings. The first-order valence-corrected chi connectivity index (χ1v) is 16.3. The van der Waals surface area contributed by atoms with E-state index in [4.69, 9.17) is 19.9 Å². The number of aryl methyl sites for hydroxylation is 2. The van der Waals surface area contributed by atoms with E-state index in [9.17, 15) is 9.59 Å². The van der Waals surface area contributed by atoms with Crippen LogP contribution in [0, 0.1) is 0 Å². The number of hydrogen-bond acceptors (Lipinski definition) is 8. The van der Waals surface area contributed by atoms with Crippen LogP contribution in [0.25, 0.3) is 22.1 Å². The fourth-order valence-corrected chi connectivity index (χ4v) is 5.74. The highest BCUT2D eigenvalue weighted by molar-refractivity contribution is 9.08. The Morgan fingerprint density at radius 1 is 0.854 bits per heavy atom. The molecule has 2 aromatic carbocycles. The molecule has 0 aliphatic carbocycles. The number of hydrogen-bond donors (Lipinski definition) is 1. The van der Waals surface area contributed by atoms with Gasteiger partial charge in [-0.15, -0.1) is 0 Å². The van der Waals surface area contributed by atoms with Gasteiger partial charge in [-0.2, -0.15) is 0 Å². The molecule has 0 spiro atoms. The highest BCUT2D eigenvalue weighted by Gasteiger charge is 2.30. The second-order valence-corrected chi connectivity index (χ2v) is 11.4. The number of ether oxygens (including phenoxy) is 3. The van der Waals surface area contributed by atoms with Gasteiger partial charge in [0.1, 0.15) is 23.1 Å². The zero-order valence-electron chi connectivity index (χ0n) is 27.4. The average molecular weight is 714 g/mol. The van der Waals surface area contributed by atoms with Gasteiger partial charge in [-0.25, -0.2) is 14.8 Å². The molecule has 1 amide bonds. The minimum Gasteiger partial charge on any atom is -0.497 e. The summed E-state index contributed by atoms with van der Waals surface area (Å²) in [6.45, 7) is 2.70. The molecule has 0 bridgehead atoms. The van der Waals surface area contributed by atoms with E-state index in [0.717, 1.165) is 33.2 Å². The van der Waals surface area contributed by atoms with Crippen LogP contribution in [0.1, 0.15) is 38.8 Å². The maximum Gasteiger partial charge on any atom is 0.338 e. The van der Waals surface area contributed by atoms with E-state index in [2.05, 4.69) is 25.9 Å². The maximum absolute atomic E-state index is 12.6. The van der Waals surface area contributed by atoms with Crippen molar-refractivity contribution in [2.45, 2.75) is 18.8 Å². The number of amides is 1. The molecule has 4 aromatic heterocycles. The van der Waals surface area contributed by atoms with Crippen LogP contribution in [-0.2, 0) is 30.7 Å². The summed E-state index contributed by atoms with van der Waals surface area (Å²) in [5.74, 6) is 2.26. The summed E-state index contributed by atoms with van der Waals surface area (Å²) in [7, 11) is 7.13. The minimum absolute atomic E-state index is 0.0309. The minimum atomic E-state index is -0.314. The SMILES string of the molecule is CCOC(=O)c1cc(OC)ccc1CBr.COc1ccc2c(c1)C(=O)N(c1ccc3c(ccn3C)n1)C2.Cn1ccc2nc(N)ccc21. The van der Waals surface area contributed by atoms with Crippen molar-refractivity contribution in [3.8, 4) is 11.5 Å². The van der Waals surface area contributed by atoms with E-state index >= 15 is 0 Å². The molecule has 1 aliphatic heterocycles. The van der Waals surface area contributed by atoms with Crippen LogP contribution in [0.2, 0.25) is 0 Å². The van der Waals surface area contributed by atoms with Crippen molar-refractivity contribution in [3.63, 3.8) is 0 Å². The molecule has 2 N–H and O–H groups in total. The molecule has 1 aliphatic rings. The Bertz CT molecular complexity index is 2090. The second-order valence-electron chi connectivity index (χ2n) is 10.9. The van der Waals surface area contributed by atoms with Gasteiger partial charge in [0.15, 0.2) is 0 Å². The van der Waals surface area contributed by atoms with Gasteiger partial charge in [-0.05, 0) is 78.7 Å². The summed E-state index contributed by atoms with van der Waals surface area (Å²) in [4.78, 5) is 34.7. The Morgan fingerprint density at radius 3 is 2.12 bits per heavy atom. The van der Waals surface area contributed by atoms with Crippen LogP contribution >= 0.6 is 15.9 Å². The number of esters is 1. The quantitative estimate of drug-likeness (QED) is 0.150. The molecule has 7 rings (SSSR count). The van der Waals surface area contributed by atoms with Gasteiger partial charge in [0.2, 0.25) is 0 Å². The first-order valence-electron chi connectivity index (χ1n) is 15.2. The van der Waals surface area contributed by atoms with E-state index < -0.39 is 0 Å². The largest absolute Gasteiger partial charge is 0.497 e. The van der Waals surface area contributed by atoms with Crippen LogP contribution in [0.4, 0.5) is 11.6 Å².